The minimum Gasteiger partial charge on any atom is -0.508 e. The number of nitrogens with one attached hydrogen (secondary N) is 1. The first kappa shape index (κ1) is 11.0. The maximum absolute atomic E-state index is 9.84. The monoisotopic (exact) mass is 220 g/mol. The summed E-state index contributed by atoms with van der Waals surface area (Å²) in [5.41, 5.74) is 8.95. The lowest BCUT2D eigenvalue weighted by Gasteiger charge is -2.12. The molecule has 0 bridgehead atoms. The van der Waals surface area contributed by atoms with E-state index in [0.29, 0.717) is 5.56 Å². The molecule has 16 heavy (non-hydrogen) atoms. The molecule has 0 saturated heterocycles. The average molecular weight is 220 g/mol. The topological polar surface area (TPSA) is 82.3 Å². The molecule has 1 atom stereocenters. The van der Waals surface area contributed by atoms with Gasteiger partial charge in [-0.1, -0.05) is 0 Å². The molecule has 4 heteroatoms. The van der Waals surface area contributed by atoms with Crippen LogP contribution in [0.25, 0.3) is 10.9 Å². The van der Waals surface area contributed by atoms with E-state index in [1.165, 1.54) is 0 Å². The second kappa shape index (κ2) is 3.81. The van der Waals surface area contributed by atoms with Gasteiger partial charge in [0.15, 0.2) is 0 Å². The number of aromatic nitrogens is 1. The summed E-state index contributed by atoms with van der Waals surface area (Å²) in [5, 5.41) is 20.5. The summed E-state index contributed by atoms with van der Waals surface area (Å²) in [5.74, 6) is 0.0903. The molecular weight excluding hydrogens is 204 g/mol. The number of nitrogens with two attached hydrogens (primary N) is 1. The fourth-order valence-corrected chi connectivity index (χ4v) is 2.06. The summed E-state index contributed by atoms with van der Waals surface area (Å²) in [4.78, 5) is 3.21. The molecule has 1 heterocycles. The van der Waals surface area contributed by atoms with E-state index in [-0.39, 0.29) is 12.3 Å². The van der Waals surface area contributed by atoms with Crippen molar-refractivity contribution in [3.8, 4) is 5.75 Å². The van der Waals surface area contributed by atoms with Gasteiger partial charge in [-0.2, -0.15) is 0 Å². The maximum Gasteiger partial charge on any atom is 0.122 e. The molecular formula is C12H16N2O2. The van der Waals surface area contributed by atoms with Crippen LogP contribution in [-0.2, 0) is 0 Å². The van der Waals surface area contributed by atoms with Gasteiger partial charge in [-0.25, -0.2) is 0 Å². The Balaban J connectivity index is 2.82. The molecule has 4 nitrogen and oxygen atoms in total. The molecule has 2 aromatic rings. The Morgan fingerprint density at radius 1 is 1.38 bits per heavy atom. The lowest BCUT2D eigenvalue weighted by atomic mass is 10.00. The first-order valence-electron chi connectivity index (χ1n) is 5.25. The molecule has 5 N–H and O–H groups in total. The second-order valence-electron chi connectivity index (χ2n) is 4.05. The number of phenolic OH excluding ortho intramolecular Hbond substituents is 1. The Morgan fingerprint density at radius 2 is 2.06 bits per heavy atom. The third-order valence-corrected chi connectivity index (χ3v) is 3.04. The number of aliphatic hydroxyl groups is 1. The van der Waals surface area contributed by atoms with Crippen LogP contribution in [0.3, 0.4) is 0 Å². The standard InChI is InChI=1S/C12H16N2O2/c1-6-7(2)14-8-3-4-9(15)12(11(6)8)10(16)5-13/h3-4,10,14-16H,5,13H2,1-2H3. The number of fused-ring (bicyclic) bond motifs is 1. The fourth-order valence-electron chi connectivity index (χ4n) is 2.06. The van der Waals surface area contributed by atoms with Gasteiger partial charge in [-0.15, -0.1) is 0 Å². The lowest BCUT2D eigenvalue weighted by molar-refractivity contribution is 0.184. The molecule has 0 spiro atoms. The van der Waals surface area contributed by atoms with Crippen LogP contribution in [-0.4, -0.2) is 21.7 Å². The van der Waals surface area contributed by atoms with Crippen molar-refractivity contribution >= 4 is 10.9 Å². The first-order valence-corrected chi connectivity index (χ1v) is 5.25. The van der Waals surface area contributed by atoms with Gasteiger partial charge in [-0.05, 0) is 31.5 Å². The van der Waals surface area contributed by atoms with Crippen molar-refractivity contribution in [2.75, 3.05) is 6.54 Å². The van der Waals surface area contributed by atoms with Crippen molar-refractivity contribution in [2.45, 2.75) is 20.0 Å². The molecule has 1 aromatic heterocycles. The molecule has 2 rings (SSSR count). The minimum absolute atomic E-state index is 0.0903. The van der Waals surface area contributed by atoms with Crippen molar-refractivity contribution in [2.24, 2.45) is 5.73 Å². The molecule has 1 aromatic carbocycles. The fraction of sp³-hybridized carbons (Fsp3) is 0.333. The minimum atomic E-state index is -0.836. The number of aliphatic hydroxyl groups excluding tert-OH is 1. The summed E-state index contributed by atoms with van der Waals surface area (Å²) >= 11 is 0. The highest BCUT2D eigenvalue weighted by Gasteiger charge is 2.18. The summed E-state index contributed by atoms with van der Waals surface area (Å²) < 4.78 is 0. The Bertz CT molecular complexity index is 531. The largest absolute Gasteiger partial charge is 0.508 e. The molecule has 0 amide bonds. The zero-order valence-electron chi connectivity index (χ0n) is 9.41. The molecule has 86 valence electrons. The number of phenols is 1. The Hall–Kier alpha value is -1.52. The van der Waals surface area contributed by atoms with E-state index < -0.39 is 6.10 Å². The van der Waals surface area contributed by atoms with Gasteiger partial charge in [0.1, 0.15) is 5.75 Å². The van der Waals surface area contributed by atoms with Crippen molar-refractivity contribution in [1.29, 1.82) is 0 Å². The molecule has 0 radical (unpaired) electrons. The average Bonchev–Trinajstić information content (AvgIpc) is 2.55. The molecule has 0 saturated carbocycles. The SMILES string of the molecule is Cc1[nH]c2ccc(O)c(C(O)CN)c2c1C. The number of hydrogen-bond acceptors (Lipinski definition) is 3. The van der Waals surface area contributed by atoms with Crippen molar-refractivity contribution in [1.82, 2.24) is 4.98 Å². The van der Waals surface area contributed by atoms with E-state index in [4.69, 9.17) is 5.73 Å². The van der Waals surface area contributed by atoms with Crippen LogP contribution < -0.4 is 5.73 Å². The quantitative estimate of drug-likeness (QED) is 0.618. The Kier molecular flexibility index (Phi) is 2.61. The van der Waals surface area contributed by atoms with E-state index in [1.54, 1.807) is 12.1 Å². The van der Waals surface area contributed by atoms with Gasteiger partial charge in [0, 0.05) is 28.7 Å². The molecule has 0 aliphatic heterocycles. The van der Waals surface area contributed by atoms with Crippen LogP contribution in [0.5, 0.6) is 5.75 Å². The van der Waals surface area contributed by atoms with Crippen LogP contribution in [0.15, 0.2) is 12.1 Å². The van der Waals surface area contributed by atoms with Crippen LogP contribution in [0, 0.1) is 13.8 Å². The highest BCUT2D eigenvalue weighted by Crippen LogP contribution is 2.34. The van der Waals surface area contributed by atoms with Gasteiger partial charge in [-0.3, -0.25) is 0 Å². The molecule has 0 aliphatic rings. The summed E-state index contributed by atoms with van der Waals surface area (Å²) in [7, 11) is 0. The van der Waals surface area contributed by atoms with Gasteiger partial charge in [0.2, 0.25) is 0 Å². The lowest BCUT2D eigenvalue weighted by Crippen LogP contribution is -2.12. The summed E-state index contributed by atoms with van der Waals surface area (Å²) in [6.45, 7) is 4.02. The summed E-state index contributed by atoms with van der Waals surface area (Å²) in [6, 6.07) is 3.38. The molecule has 0 aliphatic carbocycles. The number of hydrogen-bond donors (Lipinski definition) is 4. The van der Waals surface area contributed by atoms with Crippen LogP contribution in [0.1, 0.15) is 22.9 Å². The Morgan fingerprint density at radius 3 is 2.69 bits per heavy atom. The van der Waals surface area contributed by atoms with E-state index in [9.17, 15) is 10.2 Å². The predicted molar refractivity (Wildman–Crippen MR) is 63.5 cm³/mol. The number of aromatic amines is 1. The van der Waals surface area contributed by atoms with Crippen molar-refractivity contribution in [3.05, 3.63) is 29.0 Å². The molecule has 1 unspecified atom stereocenters. The molecule has 0 fully saturated rings. The first-order chi connectivity index (χ1) is 7.56. The van der Waals surface area contributed by atoms with Gasteiger partial charge in [0.25, 0.3) is 0 Å². The number of aryl methyl sites for hydroxylation is 2. The van der Waals surface area contributed by atoms with E-state index in [0.717, 1.165) is 22.2 Å². The predicted octanol–water partition coefficient (Wildman–Crippen LogP) is 1.48. The number of rotatable bonds is 2. The second-order valence-corrected chi connectivity index (χ2v) is 4.05. The van der Waals surface area contributed by atoms with Gasteiger partial charge in [0.05, 0.1) is 6.10 Å². The summed E-state index contributed by atoms with van der Waals surface area (Å²) in [6.07, 6.45) is -0.836. The normalized spacial score (nSPS) is 13.2. The zero-order valence-corrected chi connectivity index (χ0v) is 9.41. The third-order valence-electron chi connectivity index (χ3n) is 3.04. The van der Waals surface area contributed by atoms with Crippen LogP contribution in [0.2, 0.25) is 0 Å². The highest BCUT2D eigenvalue weighted by atomic mass is 16.3. The zero-order chi connectivity index (χ0) is 11.9. The van der Waals surface area contributed by atoms with E-state index in [2.05, 4.69) is 4.98 Å². The van der Waals surface area contributed by atoms with Gasteiger partial charge >= 0.3 is 0 Å². The van der Waals surface area contributed by atoms with E-state index >= 15 is 0 Å². The van der Waals surface area contributed by atoms with Gasteiger partial charge < -0.3 is 20.9 Å². The smallest absolute Gasteiger partial charge is 0.122 e. The number of aromatic hydroxyl groups is 1. The van der Waals surface area contributed by atoms with E-state index in [1.807, 2.05) is 13.8 Å². The highest BCUT2D eigenvalue weighted by molar-refractivity contribution is 5.90. The Labute approximate surface area is 93.7 Å². The maximum atomic E-state index is 9.84. The van der Waals surface area contributed by atoms with Crippen LogP contribution in [0.4, 0.5) is 0 Å². The number of benzene rings is 1. The van der Waals surface area contributed by atoms with Crippen molar-refractivity contribution < 1.29 is 10.2 Å². The van der Waals surface area contributed by atoms with Crippen LogP contribution >= 0.6 is 0 Å². The number of H-pyrrole nitrogens is 1. The van der Waals surface area contributed by atoms with Crippen molar-refractivity contribution in [3.63, 3.8) is 0 Å². The third kappa shape index (κ3) is 1.47.